The van der Waals surface area contributed by atoms with Crippen LogP contribution in [0.1, 0.15) is 38.7 Å². The number of imide groups is 1. The fourth-order valence-corrected chi connectivity index (χ4v) is 2.19. The summed E-state index contributed by atoms with van der Waals surface area (Å²) < 4.78 is 5.24. The van der Waals surface area contributed by atoms with Crippen molar-refractivity contribution in [3.63, 3.8) is 0 Å². The van der Waals surface area contributed by atoms with Crippen molar-refractivity contribution < 1.29 is 14.3 Å². The number of carbonyl (C=O) groups excluding carboxylic acids is 2. The molecule has 1 saturated heterocycles. The van der Waals surface area contributed by atoms with Crippen molar-refractivity contribution in [3.8, 4) is 0 Å². The van der Waals surface area contributed by atoms with Gasteiger partial charge < -0.3 is 10.5 Å². The molecule has 2 rings (SSSR count). The summed E-state index contributed by atoms with van der Waals surface area (Å²) in [5.41, 5.74) is 6.74. The zero-order chi connectivity index (χ0) is 14.9. The molecule has 0 aromatic heterocycles. The zero-order valence-corrected chi connectivity index (χ0v) is 12.1. The van der Waals surface area contributed by atoms with Crippen molar-refractivity contribution in [1.29, 1.82) is 0 Å². The lowest BCUT2D eigenvalue weighted by atomic mass is 9.98. The fourth-order valence-electron chi connectivity index (χ4n) is 2.19. The molecule has 2 amide bonds. The molecule has 1 heterocycles. The van der Waals surface area contributed by atoms with Crippen LogP contribution in [0.2, 0.25) is 0 Å². The highest BCUT2D eigenvalue weighted by Crippen LogP contribution is 2.29. The molecule has 1 aliphatic heterocycles. The molecule has 2 N–H and O–H groups in total. The van der Waals surface area contributed by atoms with Crippen molar-refractivity contribution in [2.45, 2.75) is 38.7 Å². The monoisotopic (exact) mass is 276 g/mol. The lowest BCUT2D eigenvalue weighted by molar-refractivity contribution is -0.126. The van der Waals surface area contributed by atoms with Crippen LogP contribution >= 0.6 is 0 Å². The summed E-state index contributed by atoms with van der Waals surface area (Å²) in [5, 5.41) is 0. The smallest absolute Gasteiger partial charge is 0.417 e. The highest BCUT2D eigenvalue weighted by Gasteiger charge is 2.36. The van der Waals surface area contributed by atoms with Gasteiger partial charge in [0, 0.05) is 24.6 Å². The molecule has 1 unspecified atom stereocenters. The minimum atomic E-state index is -0.601. The largest absolute Gasteiger partial charge is 0.443 e. The summed E-state index contributed by atoms with van der Waals surface area (Å²) in [6, 6.07) is 7.39. The van der Waals surface area contributed by atoms with Crippen LogP contribution in [-0.2, 0) is 9.53 Å². The second-order valence-electron chi connectivity index (χ2n) is 6.05. The molecule has 0 spiro atoms. The van der Waals surface area contributed by atoms with Crippen LogP contribution in [0.25, 0.3) is 0 Å². The number of rotatable bonds is 1. The quantitative estimate of drug-likeness (QED) is 0.800. The Morgan fingerprint density at radius 3 is 2.45 bits per heavy atom. The van der Waals surface area contributed by atoms with Crippen LogP contribution in [0.4, 0.5) is 10.5 Å². The minimum Gasteiger partial charge on any atom is -0.443 e. The van der Waals surface area contributed by atoms with Crippen LogP contribution in [-0.4, -0.2) is 29.0 Å². The molecule has 1 aromatic rings. The van der Waals surface area contributed by atoms with E-state index in [-0.39, 0.29) is 11.8 Å². The molecule has 5 nitrogen and oxygen atoms in total. The number of hydrogen-bond acceptors (Lipinski definition) is 4. The number of ether oxygens (including phenoxy) is 1. The van der Waals surface area contributed by atoms with Crippen molar-refractivity contribution >= 4 is 17.7 Å². The third-order valence-corrected chi connectivity index (χ3v) is 3.15. The van der Waals surface area contributed by atoms with Crippen LogP contribution in [0.15, 0.2) is 24.3 Å². The van der Waals surface area contributed by atoms with Gasteiger partial charge in [0.1, 0.15) is 5.60 Å². The number of nitrogens with zero attached hydrogens (tertiary/aromatic N) is 1. The van der Waals surface area contributed by atoms with Gasteiger partial charge in [0.25, 0.3) is 0 Å². The number of amides is 2. The number of anilines is 1. The topological polar surface area (TPSA) is 72.6 Å². The van der Waals surface area contributed by atoms with Crippen molar-refractivity contribution in [1.82, 2.24) is 4.90 Å². The van der Waals surface area contributed by atoms with Gasteiger partial charge in [-0.3, -0.25) is 4.79 Å². The van der Waals surface area contributed by atoms with E-state index >= 15 is 0 Å². The van der Waals surface area contributed by atoms with Crippen molar-refractivity contribution in [3.05, 3.63) is 29.8 Å². The van der Waals surface area contributed by atoms with E-state index in [1.807, 2.05) is 12.1 Å². The van der Waals surface area contributed by atoms with Crippen LogP contribution in [0.5, 0.6) is 0 Å². The molecule has 0 aliphatic carbocycles. The average molecular weight is 276 g/mol. The van der Waals surface area contributed by atoms with E-state index < -0.39 is 11.7 Å². The summed E-state index contributed by atoms with van der Waals surface area (Å²) in [7, 11) is 0. The van der Waals surface area contributed by atoms with E-state index in [0.717, 1.165) is 5.56 Å². The standard InChI is InChI=1S/C15H20N2O3/c1-15(2,3)20-14(19)17-9-11(8-13(17)18)10-4-6-12(16)7-5-10/h4-7,11H,8-9,16H2,1-3H3. The first-order valence-electron chi connectivity index (χ1n) is 6.65. The minimum absolute atomic E-state index is 0.00983. The van der Waals surface area contributed by atoms with Crippen LogP contribution in [0, 0.1) is 0 Å². The molecule has 0 radical (unpaired) electrons. The second-order valence-corrected chi connectivity index (χ2v) is 6.05. The molecule has 108 valence electrons. The number of nitrogens with two attached hydrogens (primary N) is 1. The summed E-state index contributed by atoms with van der Waals surface area (Å²) >= 11 is 0. The lowest BCUT2D eigenvalue weighted by Gasteiger charge is -2.23. The van der Waals surface area contributed by atoms with Gasteiger partial charge in [0.15, 0.2) is 0 Å². The summed E-state index contributed by atoms with van der Waals surface area (Å²) in [6.45, 7) is 5.70. The predicted octanol–water partition coefficient (Wildman–Crippen LogP) is 2.52. The Hall–Kier alpha value is -2.04. The number of benzene rings is 1. The Kier molecular flexibility index (Phi) is 3.70. The normalized spacial score (nSPS) is 19.2. The van der Waals surface area contributed by atoms with Crippen molar-refractivity contribution in [2.24, 2.45) is 0 Å². The maximum atomic E-state index is 12.0. The van der Waals surface area contributed by atoms with Crippen LogP contribution in [0.3, 0.4) is 0 Å². The maximum Gasteiger partial charge on any atom is 0.417 e. The van der Waals surface area contributed by atoms with Gasteiger partial charge in [-0.1, -0.05) is 12.1 Å². The molecule has 1 aliphatic rings. The Labute approximate surface area is 118 Å². The van der Waals surface area contributed by atoms with Crippen LogP contribution < -0.4 is 5.73 Å². The number of hydrogen-bond donors (Lipinski definition) is 1. The Bertz CT molecular complexity index is 517. The average Bonchev–Trinajstić information content (AvgIpc) is 2.70. The summed E-state index contributed by atoms with van der Waals surface area (Å²) in [4.78, 5) is 25.1. The third-order valence-electron chi connectivity index (χ3n) is 3.15. The third kappa shape index (κ3) is 3.29. The first-order valence-corrected chi connectivity index (χ1v) is 6.65. The van der Waals surface area contributed by atoms with E-state index in [4.69, 9.17) is 10.5 Å². The van der Waals surface area contributed by atoms with E-state index in [0.29, 0.717) is 18.7 Å². The number of nitrogen functional groups attached to an aromatic ring is 1. The Morgan fingerprint density at radius 2 is 1.90 bits per heavy atom. The zero-order valence-electron chi connectivity index (χ0n) is 12.1. The van der Waals surface area contributed by atoms with Crippen molar-refractivity contribution in [2.75, 3.05) is 12.3 Å². The summed E-state index contributed by atoms with van der Waals surface area (Å²) in [6.07, 6.45) is -0.246. The second kappa shape index (κ2) is 5.15. The number of carbonyl (C=O) groups is 2. The molecule has 0 bridgehead atoms. The Balaban J connectivity index is 2.07. The molecule has 1 atom stereocenters. The van der Waals surface area contributed by atoms with Gasteiger partial charge in [-0.2, -0.15) is 0 Å². The van der Waals surface area contributed by atoms with Gasteiger partial charge in [-0.25, -0.2) is 9.69 Å². The van der Waals surface area contributed by atoms with Gasteiger partial charge in [0.05, 0.1) is 0 Å². The molecular weight excluding hydrogens is 256 g/mol. The Morgan fingerprint density at radius 1 is 1.30 bits per heavy atom. The summed E-state index contributed by atoms with van der Waals surface area (Å²) in [5.74, 6) is -0.184. The first-order chi connectivity index (χ1) is 9.26. The fraction of sp³-hybridized carbons (Fsp3) is 0.467. The molecule has 1 fully saturated rings. The van der Waals surface area contributed by atoms with E-state index in [1.165, 1.54) is 4.90 Å². The van der Waals surface area contributed by atoms with Gasteiger partial charge in [-0.15, -0.1) is 0 Å². The van der Waals surface area contributed by atoms with Gasteiger partial charge in [-0.05, 0) is 38.5 Å². The highest BCUT2D eigenvalue weighted by atomic mass is 16.6. The lowest BCUT2D eigenvalue weighted by Crippen LogP contribution is -2.37. The molecule has 1 aromatic carbocycles. The van der Waals surface area contributed by atoms with Gasteiger partial charge >= 0.3 is 6.09 Å². The first kappa shape index (κ1) is 14.4. The molecule has 5 heteroatoms. The molecule has 0 saturated carbocycles. The van der Waals surface area contributed by atoms with Gasteiger partial charge in [0.2, 0.25) is 5.91 Å². The molecule has 20 heavy (non-hydrogen) atoms. The predicted molar refractivity (Wildman–Crippen MR) is 76.2 cm³/mol. The SMILES string of the molecule is CC(C)(C)OC(=O)N1CC(c2ccc(N)cc2)CC1=O. The highest BCUT2D eigenvalue weighted by molar-refractivity contribution is 5.94. The maximum absolute atomic E-state index is 12.0. The van der Waals surface area contributed by atoms with E-state index in [1.54, 1.807) is 32.9 Å². The van der Waals surface area contributed by atoms with E-state index in [2.05, 4.69) is 0 Å². The van der Waals surface area contributed by atoms with E-state index in [9.17, 15) is 9.59 Å². The number of likely N-dealkylation sites (tertiary alicyclic amines) is 1. The molecular formula is C15H20N2O3.